The summed E-state index contributed by atoms with van der Waals surface area (Å²) in [5.74, 6) is 0. The Morgan fingerprint density at radius 2 is 2.05 bits per heavy atom. The molecule has 21 heavy (non-hydrogen) atoms. The van der Waals surface area contributed by atoms with Crippen molar-refractivity contribution in [1.82, 2.24) is 9.97 Å². The molecule has 0 spiro atoms. The van der Waals surface area contributed by atoms with Crippen LogP contribution in [0.3, 0.4) is 0 Å². The van der Waals surface area contributed by atoms with Crippen molar-refractivity contribution in [3.8, 4) is 6.07 Å². The fourth-order valence-corrected chi connectivity index (χ4v) is 1.82. The predicted molar refractivity (Wildman–Crippen MR) is 70.2 cm³/mol. The van der Waals surface area contributed by atoms with E-state index in [2.05, 4.69) is 15.3 Å². The first-order valence-corrected chi connectivity index (χ1v) is 6.05. The number of rotatable bonds is 3. The molecule has 0 radical (unpaired) electrons. The maximum absolute atomic E-state index is 13.0. The van der Waals surface area contributed by atoms with Crippen LogP contribution in [-0.2, 0) is 6.18 Å². The zero-order valence-electron chi connectivity index (χ0n) is 11.0. The summed E-state index contributed by atoms with van der Waals surface area (Å²) in [6.45, 7) is 1.68. The van der Waals surface area contributed by atoms with Crippen molar-refractivity contribution < 1.29 is 13.2 Å². The standard InChI is InChI=1S/C14H11F3N4/c1-9(13-8-19-4-5-20-13)21-12-3-2-10(7-18)6-11(12)14(15,16)17/h2-6,8-9,21H,1H3. The van der Waals surface area contributed by atoms with E-state index < -0.39 is 17.8 Å². The summed E-state index contributed by atoms with van der Waals surface area (Å²) in [5, 5.41) is 11.5. The Morgan fingerprint density at radius 1 is 1.29 bits per heavy atom. The van der Waals surface area contributed by atoms with Crippen LogP contribution in [0.25, 0.3) is 0 Å². The van der Waals surface area contributed by atoms with Crippen LogP contribution >= 0.6 is 0 Å². The van der Waals surface area contributed by atoms with Crippen LogP contribution in [-0.4, -0.2) is 9.97 Å². The van der Waals surface area contributed by atoms with Crippen LogP contribution in [0.1, 0.15) is 29.8 Å². The van der Waals surface area contributed by atoms with Gasteiger partial charge in [0.15, 0.2) is 0 Å². The number of halogens is 3. The lowest BCUT2D eigenvalue weighted by atomic mass is 10.1. The van der Waals surface area contributed by atoms with Crippen molar-refractivity contribution in [3.05, 3.63) is 53.6 Å². The molecule has 0 saturated carbocycles. The summed E-state index contributed by atoms with van der Waals surface area (Å²) >= 11 is 0. The normalized spacial score (nSPS) is 12.5. The van der Waals surface area contributed by atoms with Gasteiger partial charge < -0.3 is 5.32 Å². The number of hydrogen-bond acceptors (Lipinski definition) is 4. The van der Waals surface area contributed by atoms with Crippen molar-refractivity contribution in [1.29, 1.82) is 5.26 Å². The van der Waals surface area contributed by atoms with Gasteiger partial charge in [-0.3, -0.25) is 9.97 Å². The van der Waals surface area contributed by atoms with Crippen LogP contribution in [0, 0.1) is 11.3 Å². The molecular formula is C14H11F3N4. The average Bonchev–Trinajstić information content (AvgIpc) is 2.47. The topological polar surface area (TPSA) is 61.6 Å². The van der Waals surface area contributed by atoms with E-state index in [1.165, 1.54) is 30.7 Å². The molecule has 108 valence electrons. The van der Waals surface area contributed by atoms with Gasteiger partial charge in [-0.2, -0.15) is 18.4 Å². The minimum Gasteiger partial charge on any atom is -0.376 e. The Morgan fingerprint density at radius 3 is 2.62 bits per heavy atom. The van der Waals surface area contributed by atoms with Gasteiger partial charge in [0.05, 0.1) is 35.1 Å². The van der Waals surface area contributed by atoms with Crippen molar-refractivity contribution in [2.45, 2.75) is 19.1 Å². The van der Waals surface area contributed by atoms with E-state index in [1.54, 1.807) is 13.0 Å². The number of hydrogen-bond donors (Lipinski definition) is 1. The molecule has 0 amide bonds. The Hall–Kier alpha value is -2.62. The van der Waals surface area contributed by atoms with Gasteiger partial charge in [-0.05, 0) is 25.1 Å². The zero-order chi connectivity index (χ0) is 15.5. The van der Waals surface area contributed by atoms with E-state index in [0.717, 1.165) is 6.07 Å². The summed E-state index contributed by atoms with van der Waals surface area (Å²) in [7, 11) is 0. The number of anilines is 1. The Balaban J connectivity index is 2.34. The second kappa shape index (κ2) is 5.79. The highest BCUT2D eigenvalue weighted by atomic mass is 19.4. The largest absolute Gasteiger partial charge is 0.418 e. The van der Waals surface area contributed by atoms with E-state index in [1.807, 2.05) is 0 Å². The molecule has 4 nitrogen and oxygen atoms in total. The number of aromatic nitrogens is 2. The summed E-state index contributed by atoms with van der Waals surface area (Å²) in [5.41, 5.74) is -0.494. The molecule has 1 unspecified atom stereocenters. The van der Waals surface area contributed by atoms with Gasteiger partial charge in [-0.25, -0.2) is 0 Å². The van der Waals surface area contributed by atoms with Gasteiger partial charge in [0.1, 0.15) is 0 Å². The van der Waals surface area contributed by atoms with Crippen molar-refractivity contribution >= 4 is 5.69 Å². The molecule has 1 N–H and O–H groups in total. The molecule has 1 aromatic carbocycles. The summed E-state index contributed by atoms with van der Waals surface area (Å²) < 4.78 is 39.1. The number of benzene rings is 1. The number of nitrogens with one attached hydrogen (secondary N) is 1. The highest BCUT2D eigenvalue weighted by Gasteiger charge is 2.34. The first-order valence-electron chi connectivity index (χ1n) is 6.05. The highest BCUT2D eigenvalue weighted by molar-refractivity contribution is 5.56. The quantitative estimate of drug-likeness (QED) is 0.940. The number of nitrogens with zero attached hydrogens (tertiary/aromatic N) is 3. The smallest absolute Gasteiger partial charge is 0.376 e. The Bertz CT molecular complexity index is 662. The lowest BCUT2D eigenvalue weighted by Gasteiger charge is -2.19. The molecule has 1 atom stereocenters. The monoisotopic (exact) mass is 292 g/mol. The first kappa shape index (κ1) is 14.8. The third-order valence-corrected chi connectivity index (χ3v) is 2.85. The molecule has 2 rings (SSSR count). The van der Waals surface area contributed by atoms with E-state index in [0.29, 0.717) is 5.69 Å². The second-order valence-corrected chi connectivity index (χ2v) is 4.37. The van der Waals surface area contributed by atoms with Crippen LogP contribution in [0.5, 0.6) is 0 Å². The molecule has 0 aliphatic carbocycles. The lowest BCUT2D eigenvalue weighted by molar-refractivity contribution is -0.137. The lowest BCUT2D eigenvalue weighted by Crippen LogP contribution is -2.14. The fraction of sp³-hybridized carbons (Fsp3) is 0.214. The van der Waals surface area contributed by atoms with Gasteiger partial charge in [0, 0.05) is 18.1 Å². The molecule has 1 heterocycles. The third-order valence-electron chi connectivity index (χ3n) is 2.85. The van der Waals surface area contributed by atoms with Crippen LogP contribution in [0.4, 0.5) is 18.9 Å². The minimum atomic E-state index is -4.54. The fourth-order valence-electron chi connectivity index (χ4n) is 1.82. The zero-order valence-corrected chi connectivity index (χ0v) is 11.0. The summed E-state index contributed by atoms with van der Waals surface area (Å²) in [4.78, 5) is 7.92. The van der Waals surface area contributed by atoms with E-state index in [9.17, 15) is 13.2 Å². The van der Waals surface area contributed by atoms with Gasteiger partial charge >= 0.3 is 6.18 Å². The van der Waals surface area contributed by atoms with Crippen LogP contribution in [0.15, 0.2) is 36.8 Å². The first-order chi connectivity index (χ1) is 9.91. The molecule has 0 saturated heterocycles. The molecule has 1 aromatic heterocycles. The average molecular weight is 292 g/mol. The van der Waals surface area contributed by atoms with Gasteiger partial charge in [0.25, 0.3) is 0 Å². The summed E-state index contributed by atoms with van der Waals surface area (Å²) in [6.07, 6.45) is -0.109. The third kappa shape index (κ3) is 3.48. The maximum atomic E-state index is 13.0. The maximum Gasteiger partial charge on any atom is 0.418 e. The van der Waals surface area contributed by atoms with Gasteiger partial charge in [0.2, 0.25) is 0 Å². The molecule has 0 fully saturated rings. The number of nitriles is 1. The highest BCUT2D eigenvalue weighted by Crippen LogP contribution is 2.36. The van der Waals surface area contributed by atoms with Crippen molar-refractivity contribution in [2.75, 3.05) is 5.32 Å². The molecule has 7 heteroatoms. The van der Waals surface area contributed by atoms with Crippen molar-refractivity contribution in [3.63, 3.8) is 0 Å². The van der Waals surface area contributed by atoms with Gasteiger partial charge in [-0.15, -0.1) is 0 Å². The Labute approximate surface area is 119 Å². The predicted octanol–water partition coefficient (Wildman–Crippen LogP) is 3.54. The summed E-state index contributed by atoms with van der Waals surface area (Å²) in [6, 6.07) is 4.65. The van der Waals surface area contributed by atoms with E-state index in [-0.39, 0.29) is 11.3 Å². The van der Waals surface area contributed by atoms with Gasteiger partial charge in [-0.1, -0.05) is 0 Å². The van der Waals surface area contributed by atoms with Crippen LogP contribution < -0.4 is 5.32 Å². The van der Waals surface area contributed by atoms with Crippen LogP contribution in [0.2, 0.25) is 0 Å². The molecule has 0 aliphatic rings. The Kier molecular flexibility index (Phi) is 4.08. The molecule has 0 bridgehead atoms. The minimum absolute atomic E-state index is 0.0416. The van der Waals surface area contributed by atoms with E-state index >= 15 is 0 Å². The second-order valence-electron chi connectivity index (χ2n) is 4.37. The van der Waals surface area contributed by atoms with Crippen molar-refractivity contribution in [2.24, 2.45) is 0 Å². The number of alkyl halides is 3. The molecule has 2 aromatic rings. The van der Waals surface area contributed by atoms with E-state index in [4.69, 9.17) is 5.26 Å². The molecule has 0 aliphatic heterocycles. The SMILES string of the molecule is CC(Nc1ccc(C#N)cc1C(F)(F)F)c1cnccn1. The molecular weight excluding hydrogens is 281 g/mol.